The third-order valence-corrected chi connectivity index (χ3v) is 3.06. The number of aldehydes is 1. The number of hydrogen-bond donors (Lipinski definition) is 3. The Balaban J connectivity index is 2.37. The van der Waals surface area contributed by atoms with Gasteiger partial charge in [0.05, 0.1) is 5.69 Å². The van der Waals surface area contributed by atoms with Gasteiger partial charge in [-0.15, -0.1) is 0 Å². The second-order valence-corrected chi connectivity index (χ2v) is 4.69. The molecule has 9 heteroatoms. The number of carbonyl (C=O) groups excluding carboxylic acids is 2. The number of alkyl halides is 3. The molecule has 1 amide bonds. The number of pyridine rings is 1. The second kappa shape index (κ2) is 6.49. The standard InChI is InChI=1S/C15H11F3N4O2/c16-15(17,18)13-3-1-2-11(21-13)14(24)22-12-5-8(6-19)10(20)4-9(12)7-23/h1-7,19H,20H2,(H,22,24). The van der Waals surface area contributed by atoms with Crippen molar-refractivity contribution in [1.82, 2.24) is 4.98 Å². The normalized spacial score (nSPS) is 11.0. The van der Waals surface area contributed by atoms with Crippen molar-refractivity contribution < 1.29 is 22.8 Å². The predicted molar refractivity (Wildman–Crippen MR) is 81.3 cm³/mol. The molecule has 0 saturated carbocycles. The maximum atomic E-state index is 12.6. The zero-order valence-electron chi connectivity index (χ0n) is 12.0. The molecule has 0 saturated heterocycles. The van der Waals surface area contributed by atoms with E-state index in [1.54, 1.807) is 0 Å². The monoisotopic (exact) mass is 336 g/mol. The Kier molecular flexibility index (Phi) is 4.63. The van der Waals surface area contributed by atoms with Gasteiger partial charge >= 0.3 is 6.18 Å². The van der Waals surface area contributed by atoms with Crippen molar-refractivity contribution >= 4 is 29.8 Å². The number of hydrogen-bond acceptors (Lipinski definition) is 5. The van der Waals surface area contributed by atoms with Crippen LogP contribution in [0.5, 0.6) is 0 Å². The van der Waals surface area contributed by atoms with E-state index in [0.717, 1.165) is 24.4 Å². The van der Waals surface area contributed by atoms with Crippen LogP contribution in [0.3, 0.4) is 0 Å². The van der Waals surface area contributed by atoms with E-state index >= 15 is 0 Å². The summed E-state index contributed by atoms with van der Waals surface area (Å²) in [6, 6.07) is 5.43. The van der Waals surface area contributed by atoms with E-state index in [9.17, 15) is 22.8 Å². The number of anilines is 2. The van der Waals surface area contributed by atoms with E-state index in [0.29, 0.717) is 6.29 Å². The minimum Gasteiger partial charge on any atom is -0.398 e. The maximum absolute atomic E-state index is 12.6. The molecule has 0 spiro atoms. The molecule has 4 N–H and O–H groups in total. The summed E-state index contributed by atoms with van der Waals surface area (Å²) in [6.07, 6.45) is -3.33. The van der Waals surface area contributed by atoms with Gasteiger partial charge in [0, 0.05) is 23.0 Å². The molecule has 0 atom stereocenters. The lowest BCUT2D eigenvalue weighted by Gasteiger charge is -2.11. The number of nitrogens with zero attached hydrogens (tertiary/aromatic N) is 1. The van der Waals surface area contributed by atoms with Crippen molar-refractivity contribution in [2.75, 3.05) is 11.1 Å². The van der Waals surface area contributed by atoms with E-state index in [4.69, 9.17) is 11.1 Å². The molecular formula is C15H11F3N4O2. The first-order valence-corrected chi connectivity index (χ1v) is 6.51. The van der Waals surface area contributed by atoms with Crippen molar-refractivity contribution in [3.8, 4) is 0 Å². The molecule has 0 bridgehead atoms. The molecule has 124 valence electrons. The predicted octanol–water partition coefficient (Wildman–Crippen LogP) is 2.75. The summed E-state index contributed by atoms with van der Waals surface area (Å²) in [5.41, 5.74) is 4.40. The third kappa shape index (κ3) is 3.57. The smallest absolute Gasteiger partial charge is 0.398 e. The fraction of sp³-hybridized carbons (Fsp3) is 0.0667. The molecule has 0 aliphatic carbocycles. The van der Waals surface area contributed by atoms with Crippen molar-refractivity contribution in [3.05, 3.63) is 52.8 Å². The summed E-state index contributed by atoms with van der Waals surface area (Å²) in [5.74, 6) is -0.926. The second-order valence-electron chi connectivity index (χ2n) is 4.69. The third-order valence-electron chi connectivity index (χ3n) is 3.06. The minimum atomic E-state index is -4.68. The highest BCUT2D eigenvalue weighted by molar-refractivity contribution is 6.06. The SMILES string of the molecule is N=Cc1cc(NC(=O)c2cccc(C(F)(F)F)n2)c(C=O)cc1N. The van der Waals surface area contributed by atoms with Crippen LogP contribution in [-0.2, 0) is 6.18 Å². The Hall–Kier alpha value is -3.23. The molecule has 0 aliphatic rings. The molecule has 2 rings (SSSR count). The largest absolute Gasteiger partial charge is 0.433 e. The van der Waals surface area contributed by atoms with E-state index in [2.05, 4.69) is 10.3 Å². The summed E-state index contributed by atoms with van der Waals surface area (Å²) < 4.78 is 37.9. The highest BCUT2D eigenvalue weighted by Crippen LogP contribution is 2.27. The first kappa shape index (κ1) is 17.1. The summed E-state index contributed by atoms with van der Waals surface area (Å²) in [7, 11) is 0. The average Bonchev–Trinajstić information content (AvgIpc) is 2.55. The van der Waals surface area contributed by atoms with E-state index < -0.39 is 23.5 Å². The number of aromatic nitrogens is 1. The van der Waals surface area contributed by atoms with E-state index in [1.165, 1.54) is 12.1 Å². The van der Waals surface area contributed by atoms with Crippen molar-refractivity contribution in [2.24, 2.45) is 0 Å². The van der Waals surface area contributed by atoms with Crippen LogP contribution in [0.4, 0.5) is 24.5 Å². The molecule has 1 heterocycles. The minimum absolute atomic E-state index is 0.0157. The van der Waals surface area contributed by atoms with Gasteiger partial charge in [-0.2, -0.15) is 13.2 Å². The zero-order valence-corrected chi connectivity index (χ0v) is 12.0. The Morgan fingerprint density at radius 1 is 1.25 bits per heavy atom. The zero-order chi connectivity index (χ0) is 17.9. The topological polar surface area (TPSA) is 109 Å². The van der Waals surface area contributed by atoms with Gasteiger partial charge in [-0.05, 0) is 24.3 Å². The molecule has 6 nitrogen and oxygen atoms in total. The van der Waals surface area contributed by atoms with Gasteiger partial charge in [-0.1, -0.05) is 6.07 Å². The van der Waals surface area contributed by atoms with Crippen LogP contribution in [0.2, 0.25) is 0 Å². The van der Waals surface area contributed by atoms with Gasteiger partial charge in [0.15, 0.2) is 6.29 Å². The van der Waals surface area contributed by atoms with Crippen molar-refractivity contribution in [1.29, 1.82) is 5.41 Å². The first-order valence-electron chi connectivity index (χ1n) is 6.51. The highest BCUT2D eigenvalue weighted by Gasteiger charge is 2.33. The Morgan fingerprint density at radius 2 is 1.96 bits per heavy atom. The Morgan fingerprint density at radius 3 is 2.54 bits per heavy atom. The van der Waals surface area contributed by atoms with Gasteiger partial charge in [0.25, 0.3) is 5.91 Å². The van der Waals surface area contributed by atoms with Crippen LogP contribution in [0, 0.1) is 5.41 Å². The molecule has 0 aliphatic heterocycles. The molecule has 0 unspecified atom stereocenters. The van der Waals surface area contributed by atoms with Crippen LogP contribution in [0.15, 0.2) is 30.3 Å². The number of carbonyl (C=O) groups is 2. The molecular weight excluding hydrogens is 325 g/mol. The van der Waals surface area contributed by atoms with Crippen LogP contribution in [0.25, 0.3) is 0 Å². The summed E-state index contributed by atoms with van der Waals surface area (Å²) >= 11 is 0. The fourth-order valence-electron chi connectivity index (χ4n) is 1.89. The lowest BCUT2D eigenvalue weighted by Crippen LogP contribution is -2.18. The van der Waals surface area contributed by atoms with Crippen molar-refractivity contribution in [3.63, 3.8) is 0 Å². The first-order chi connectivity index (χ1) is 11.3. The number of nitrogens with one attached hydrogen (secondary N) is 2. The van der Waals surface area contributed by atoms with Crippen LogP contribution in [0.1, 0.15) is 32.1 Å². The maximum Gasteiger partial charge on any atom is 0.433 e. The molecule has 2 aromatic rings. The van der Waals surface area contributed by atoms with E-state index in [1.807, 2.05) is 0 Å². The van der Waals surface area contributed by atoms with E-state index in [-0.39, 0.29) is 22.5 Å². The fourth-order valence-corrected chi connectivity index (χ4v) is 1.89. The highest BCUT2D eigenvalue weighted by atomic mass is 19.4. The number of rotatable bonds is 4. The van der Waals surface area contributed by atoms with Crippen molar-refractivity contribution in [2.45, 2.75) is 6.18 Å². The number of benzene rings is 1. The number of nitrogens with two attached hydrogens (primary N) is 1. The molecule has 0 radical (unpaired) electrons. The Labute approximate surface area is 134 Å². The Bertz CT molecular complexity index is 819. The van der Waals surface area contributed by atoms with Gasteiger partial charge in [0.1, 0.15) is 11.4 Å². The lowest BCUT2D eigenvalue weighted by atomic mass is 10.1. The average molecular weight is 336 g/mol. The van der Waals surface area contributed by atoms with Gasteiger partial charge in [-0.3, -0.25) is 9.59 Å². The molecule has 1 aromatic carbocycles. The summed E-state index contributed by atoms with van der Waals surface area (Å²) in [5, 5.41) is 9.51. The van der Waals surface area contributed by atoms with Gasteiger partial charge in [0.2, 0.25) is 0 Å². The molecule has 1 aromatic heterocycles. The van der Waals surface area contributed by atoms with Crippen LogP contribution in [-0.4, -0.2) is 23.4 Å². The van der Waals surface area contributed by atoms with Crippen LogP contribution >= 0.6 is 0 Å². The molecule has 0 fully saturated rings. The van der Waals surface area contributed by atoms with Gasteiger partial charge in [-0.25, -0.2) is 4.98 Å². The number of amides is 1. The lowest BCUT2D eigenvalue weighted by molar-refractivity contribution is -0.141. The number of halogens is 3. The summed E-state index contributed by atoms with van der Waals surface area (Å²) in [6.45, 7) is 0. The number of nitrogen functional groups attached to an aromatic ring is 1. The van der Waals surface area contributed by atoms with Gasteiger partial charge < -0.3 is 16.5 Å². The summed E-state index contributed by atoms with van der Waals surface area (Å²) in [4.78, 5) is 26.4. The quantitative estimate of drug-likeness (QED) is 0.453. The van der Waals surface area contributed by atoms with Crippen LogP contribution < -0.4 is 11.1 Å². The molecule has 24 heavy (non-hydrogen) atoms.